The second-order valence-electron chi connectivity index (χ2n) is 5.99. The van der Waals surface area contributed by atoms with Crippen LogP contribution >= 0.6 is 0 Å². The summed E-state index contributed by atoms with van der Waals surface area (Å²) < 4.78 is 48.3. The molecule has 0 unspecified atom stereocenters. The van der Waals surface area contributed by atoms with Crippen LogP contribution in [0, 0.1) is 11.7 Å². The summed E-state index contributed by atoms with van der Waals surface area (Å²) in [7, 11) is -3.75. The van der Waals surface area contributed by atoms with Crippen LogP contribution in [-0.4, -0.2) is 37.5 Å². The van der Waals surface area contributed by atoms with Gasteiger partial charge in [-0.3, -0.25) is 0 Å². The molecule has 0 bridgehead atoms. The molecule has 1 aliphatic rings. The number of sulfonamides is 1. The van der Waals surface area contributed by atoms with Gasteiger partial charge in [0.15, 0.2) is 0 Å². The molecule has 2 aromatic rings. The lowest BCUT2D eigenvalue weighted by Gasteiger charge is -2.27. The summed E-state index contributed by atoms with van der Waals surface area (Å²) in [4.78, 5) is -0.0870. The summed E-state index contributed by atoms with van der Waals surface area (Å²) in [6.45, 7) is 2.95. The number of hydrogen-bond donors (Lipinski definition) is 1. The normalized spacial score (nSPS) is 21.8. The van der Waals surface area contributed by atoms with Crippen LogP contribution in [0.25, 0.3) is 5.69 Å². The van der Waals surface area contributed by atoms with Crippen molar-refractivity contribution >= 4 is 10.0 Å². The molecule has 0 spiro atoms. The number of hydrogen-bond acceptors (Lipinski definition) is 4. The SMILES string of the molecule is C[C@H]1C[C@H](CNS(=O)(=O)c2ccc(-n3cccn3)c(F)c2)CCO1. The van der Waals surface area contributed by atoms with Gasteiger partial charge in [-0.1, -0.05) is 0 Å². The Morgan fingerprint density at radius 3 is 2.96 bits per heavy atom. The number of benzene rings is 1. The van der Waals surface area contributed by atoms with E-state index < -0.39 is 15.8 Å². The Balaban J connectivity index is 1.71. The van der Waals surface area contributed by atoms with Crippen LogP contribution in [0.1, 0.15) is 19.8 Å². The lowest BCUT2D eigenvalue weighted by Crippen LogP contribution is -2.34. The Hall–Kier alpha value is -1.77. The van der Waals surface area contributed by atoms with E-state index in [2.05, 4.69) is 9.82 Å². The minimum atomic E-state index is -3.75. The van der Waals surface area contributed by atoms with Crippen LogP contribution in [-0.2, 0) is 14.8 Å². The van der Waals surface area contributed by atoms with Crippen molar-refractivity contribution in [2.24, 2.45) is 5.92 Å². The third kappa shape index (κ3) is 3.82. The molecular formula is C16H20FN3O3S. The van der Waals surface area contributed by atoms with Gasteiger partial charge in [-0.2, -0.15) is 5.10 Å². The van der Waals surface area contributed by atoms with Crippen molar-refractivity contribution in [1.29, 1.82) is 0 Å². The van der Waals surface area contributed by atoms with Crippen LogP contribution in [0.15, 0.2) is 41.6 Å². The fraction of sp³-hybridized carbons (Fsp3) is 0.438. The second-order valence-corrected chi connectivity index (χ2v) is 7.75. The van der Waals surface area contributed by atoms with Crippen molar-refractivity contribution in [3.63, 3.8) is 0 Å². The minimum Gasteiger partial charge on any atom is -0.378 e. The van der Waals surface area contributed by atoms with Crippen molar-refractivity contribution in [2.45, 2.75) is 30.8 Å². The molecule has 0 aliphatic carbocycles. The van der Waals surface area contributed by atoms with E-state index in [-0.39, 0.29) is 22.6 Å². The van der Waals surface area contributed by atoms with Gasteiger partial charge in [-0.15, -0.1) is 0 Å². The smallest absolute Gasteiger partial charge is 0.240 e. The average molecular weight is 353 g/mol. The molecule has 1 N–H and O–H groups in total. The molecule has 1 aliphatic heterocycles. The van der Waals surface area contributed by atoms with Crippen molar-refractivity contribution in [1.82, 2.24) is 14.5 Å². The van der Waals surface area contributed by atoms with Gasteiger partial charge < -0.3 is 4.74 Å². The molecule has 2 heterocycles. The maximum Gasteiger partial charge on any atom is 0.240 e. The van der Waals surface area contributed by atoms with E-state index in [4.69, 9.17) is 4.74 Å². The quantitative estimate of drug-likeness (QED) is 0.893. The number of nitrogens with zero attached hydrogens (tertiary/aromatic N) is 2. The summed E-state index contributed by atoms with van der Waals surface area (Å²) in [5.41, 5.74) is 0.206. The highest BCUT2D eigenvalue weighted by atomic mass is 32.2. The number of rotatable bonds is 5. The zero-order valence-electron chi connectivity index (χ0n) is 13.4. The van der Waals surface area contributed by atoms with Crippen LogP contribution in [0.3, 0.4) is 0 Å². The van der Waals surface area contributed by atoms with Gasteiger partial charge >= 0.3 is 0 Å². The minimum absolute atomic E-state index is 0.0870. The van der Waals surface area contributed by atoms with Gasteiger partial charge in [0.1, 0.15) is 11.5 Å². The average Bonchev–Trinajstić information content (AvgIpc) is 3.07. The van der Waals surface area contributed by atoms with Crippen molar-refractivity contribution in [2.75, 3.05) is 13.2 Å². The molecule has 1 aromatic carbocycles. The molecule has 0 radical (unpaired) electrons. The van der Waals surface area contributed by atoms with Gasteiger partial charge in [0, 0.05) is 25.5 Å². The van der Waals surface area contributed by atoms with Gasteiger partial charge in [0.25, 0.3) is 0 Å². The fourth-order valence-electron chi connectivity index (χ4n) is 2.84. The van der Waals surface area contributed by atoms with E-state index >= 15 is 0 Å². The van der Waals surface area contributed by atoms with Gasteiger partial charge in [-0.05, 0) is 49.9 Å². The van der Waals surface area contributed by atoms with Crippen LogP contribution in [0.4, 0.5) is 4.39 Å². The Bertz CT molecular complexity index is 793. The monoisotopic (exact) mass is 353 g/mol. The van der Waals surface area contributed by atoms with E-state index in [1.165, 1.54) is 23.0 Å². The molecule has 130 valence electrons. The van der Waals surface area contributed by atoms with Gasteiger partial charge in [0.05, 0.1) is 11.0 Å². The zero-order valence-corrected chi connectivity index (χ0v) is 14.2. The number of halogens is 1. The van der Waals surface area contributed by atoms with Gasteiger partial charge in [-0.25, -0.2) is 22.2 Å². The molecule has 1 saturated heterocycles. The molecule has 24 heavy (non-hydrogen) atoms. The summed E-state index contributed by atoms with van der Waals surface area (Å²) >= 11 is 0. The molecule has 0 amide bonds. The maximum absolute atomic E-state index is 14.2. The van der Waals surface area contributed by atoms with E-state index in [1.54, 1.807) is 12.3 Å². The summed E-state index contributed by atoms with van der Waals surface area (Å²) in [6.07, 6.45) is 4.89. The first kappa shape index (κ1) is 17.1. The Kier molecular flexibility index (Phi) is 4.98. The lowest BCUT2D eigenvalue weighted by atomic mass is 9.97. The first-order chi connectivity index (χ1) is 11.5. The van der Waals surface area contributed by atoms with Crippen molar-refractivity contribution in [3.8, 4) is 5.69 Å². The maximum atomic E-state index is 14.2. The first-order valence-electron chi connectivity index (χ1n) is 7.86. The Morgan fingerprint density at radius 1 is 1.46 bits per heavy atom. The summed E-state index contributed by atoms with van der Waals surface area (Å²) in [5.74, 6) is -0.405. The fourth-order valence-corrected chi connectivity index (χ4v) is 3.97. The predicted molar refractivity (Wildman–Crippen MR) is 86.8 cm³/mol. The molecular weight excluding hydrogens is 333 g/mol. The van der Waals surface area contributed by atoms with Crippen LogP contribution < -0.4 is 4.72 Å². The predicted octanol–water partition coefficient (Wildman–Crippen LogP) is 2.10. The molecule has 0 saturated carbocycles. The third-order valence-corrected chi connectivity index (χ3v) is 5.56. The Labute approximate surface area is 140 Å². The number of ether oxygens (including phenoxy) is 1. The molecule has 3 rings (SSSR count). The third-order valence-electron chi connectivity index (χ3n) is 4.14. The molecule has 6 nitrogen and oxygen atoms in total. The number of nitrogens with one attached hydrogen (secondary N) is 1. The summed E-state index contributed by atoms with van der Waals surface area (Å²) in [5, 5.41) is 3.94. The first-order valence-corrected chi connectivity index (χ1v) is 9.35. The molecule has 1 fully saturated rings. The Morgan fingerprint density at radius 2 is 2.29 bits per heavy atom. The highest BCUT2D eigenvalue weighted by Gasteiger charge is 2.23. The van der Waals surface area contributed by atoms with Crippen molar-refractivity contribution in [3.05, 3.63) is 42.5 Å². The largest absolute Gasteiger partial charge is 0.378 e. The highest BCUT2D eigenvalue weighted by Crippen LogP contribution is 2.21. The van der Waals surface area contributed by atoms with Crippen LogP contribution in [0.5, 0.6) is 0 Å². The highest BCUT2D eigenvalue weighted by molar-refractivity contribution is 7.89. The molecule has 1 aromatic heterocycles. The van der Waals surface area contributed by atoms with E-state index in [0.717, 1.165) is 18.9 Å². The molecule has 2 atom stereocenters. The van der Waals surface area contributed by atoms with Crippen LogP contribution in [0.2, 0.25) is 0 Å². The number of aromatic nitrogens is 2. The van der Waals surface area contributed by atoms with E-state index in [1.807, 2.05) is 6.92 Å². The van der Waals surface area contributed by atoms with E-state index in [9.17, 15) is 12.8 Å². The standard InChI is InChI=1S/C16H20FN3O3S/c1-12-9-13(5-8-23-12)11-19-24(21,22)14-3-4-16(15(17)10-14)20-7-2-6-18-20/h2-4,6-7,10,12-13,19H,5,8-9,11H2,1H3/t12-,13+/m0/s1. The second kappa shape index (κ2) is 7.00. The van der Waals surface area contributed by atoms with E-state index in [0.29, 0.717) is 13.2 Å². The zero-order chi connectivity index (χ0) is 17.2. The molecule has 8 heteroatoms. The topological polar surface area (TPSA) is 73.2 Å². The lowest BCUT2D eigenvalue weighted by molar-refractivity contribution is 0.00397. The summed E-state index contributed by atoms with van der Waals surface area (Å²) in [6, 6.07) is 5.48. The van der Waals surface area contributed by atoms with Gasteiger partial charge in [0.2, 0.25) is 10.0 Å². The van der Waals surface area contributed by atoms with Crippen molar-refractivity contribution < 1.29 is 17.5 Å².